The van der Waals surface area contributed by atoms with Gasteiger partial charge in [0.1, 0.15) is 0 Å². The highest BCUT2D eigenvalue weighted by molar-refractivity contribution is 5.47. The Labute approximate surface area is 123 Å². The lowest BCUT2D eigenvalue weighted by Gasteiger charge is -2.35. The average molecular weight is 275 g/mol. The van der Waals surface area contributed by atoms with Gasteiger partial charge in [-0.3, -0.25) is 4.98 Å². The third kappa shape index (κ3) is 4.20. The van der Waals surface area contributed by atoms with E-state index in [1.165, 1.54) is 37.8 Å². The van der Waals surface area contributed by atoms with Gasteiger partial charge in [0.15, 0.2) is 0 Å². The van der Waals surface area contributed by atoms with Crippen LogP contribution >= 0.6 is 0 Å². The first-order valence-electron chi connectivity index (χ1n) is 8.15. The highest BCUT2D eigenvalue weighted by atomic mass is 15.2. The van der Waals surface area contributed by atoms with Crippen molar-refractivity contribution in [1.29, 1.82) is 0 Å². The summed E-state index contributed by atoms with van der Waals surface area (Å²) in [6, 6.07) is 5.65. The molecule has 0 spiro atoms. The molecule has 0 atom stereocenters. The molecule has 0 unspecified atom stereocenters. The second kappa shape index (κ2) is 7.63. The second-order valence-electron chi connectivity index (χ2n) is 6.12. The quantitative estimate of drug-likeness (QED) is 0.857. The van der Waals surface area contributed by atoms with Crippen LogP contribution < -0.4 is 10.2 Å². The van der Waals surface area contributed by atoms with Crippen LogP contribution in [0.5, 0.6) is 0 Å². The van der Waals surface area contributed by atoms with E-state index in [2.05, 4.69) is 48.1 Å². The predicted octanol–water partition coefficient (Wildman–Crippen LogP) is 3.74. The Hall–Kier alpha value is -1.09. The molecule has 1 heterocycles. The largest absolute Gasteiger partial charge is 0.369 e. The molecule has 1 fully saturated rings. The summed E-state index contributed by atoms with van der Waals surface area (Å²) in [5, 5.41) is 3.44. The number of anilines is 1. The van der Waals surface area contributed by atoms with E-state index in [4.69, 9.17) is 0 Å². The topological polar surface area (TPSA) is 28.2 Å². The van der Waals surface area contributed by atoms with E-state index in [0.29, 0.717) is 6.04 Å². The van der Waals surface area contributed by atoms with Gasteiger partial charge in [-0.2, -0.15) is 0 Å². The highest BCUT2D eigenvalue weighted by Gasteiger charge is 2.20. The molecule has 3 nitrogen and oxygen atoms in total. The van der Waals surface area contributed by atoms with Gasteiger partial charge >= 0.3 is 0 Å². The normalized spacial score (nSPS) is 16.6. The molecule has 0 aliphatic heterocycles. The standard InChI is InChI=1S/C17H29N3/c1-4-20(16-8-6-5-7-9-16)17-10-11-18-15(12-17)13-19-14(2)3/h10-12,14,16,19H,4-9,13H2,1-3H3. The van der Waals surface area contributed by atoms with Gasteiger partial charge in [-0.15, -0.1) is 0 Å². The molecule has 3 heteroatoms. The van der Waals surface area contributed by atoms with Crippen molar-refractivity contribution in [3.05, 3.63) is 24.0 Å². The number of hydrogen-bond donors (Lipinski definition) is 1. The molecule has 1 N–H and O–H groups in total. The van der Waals surface area contributed by atoms with E-state index in [0.717, 1.165) is 24.8 Å². The van der Waals surface area contributed by atoms with Crippen LogP contribution in [0.1, 0.15) is 58.6 Å². The van der Waals surface area contributed by atoms with Crippen LogP contribution in [-0.4, -0.2) is 23.6 Å². The molecule has 1 aromatic heterocycles. The van der Waals surface area contributed by atoms with Gasteiger partial charge < -0.3 is 10.2 Å². The molecule has 1 aliphatic rings. The maximum absolute atomic E-state index is 4.48. The number of pyridine rings is 1. The van der Waals surface area contributed by atoms with Gasteiger partial charge in [0.05, 0.1) is 5.69 Å². The fraction of sp³-hybridized carbons (Fsp3) is 0.706. The first-order valence-corrected chi connectivity index (χ1v) is 8.15. The Bertz CT molecular complexity index is 397. The van der Waals surface area contributed by atoms with E-state index in [1.807, 2.05) is 6.20 Å². The molecular formula is C17H29N3. The van der Waals surface area contributed by atoms with Gasteiger partial charge in [0.2, 0.25) is 0 Å². The van der Waals surface area contributed by atoms with Crippen LogP contribution in [-0.2, 0) is 6.54 Å². The lowest BCUT2D eigenvalue weighted by atomic mass is 9.94. The van der Waals surface area contributed by atoms with Crippen molar-refractivity contribution in [2.45, 2.75) is 71.5 Å². The summed E-state index contributed by atoms with van der Waals surface area (Å²) in [5.41, 5.74) is 2.49. The molecule has 0 radical (unpaired) electrons. The maximum Gasteiger partial charge on any atom is 0.0562 e. The van der Waals surface area contributed by atoms with Crippen LogP contribution in [0.15, 0.2) is 18.3 Å². The van der Waals surface area contributed by atoms with Crippen LogP contribution in [0.4, 0.5) is 5.69 Å². The molecule has 0 amide bonds. The molecule has 2 rings (SSSR count). The van der Waals surface area contributed by atoms with Gasteiger partial charge in [0.25, 0.3) is 0 Å². The van der Waals surface area contributed by atoms with E-state index < -0.39 is 0 Å². The SMILES string of the molecule is CCN(c1ccnc(CNC(C)C)c1)C1CCCCC1. The Morgan fingerprint density at radius 2 is 2.05 bits per heavy atom. The maximum atomic E-state index is 4.48. The van der Waals surface area contributed by atoms with Crippen LogP contribution in [0.2, 0.25) is 0 Å². The van der Waals surface area contributed by atoms with E-state index >= 15 is 0 Å². The molecule has 1 saturated carbocycles. The summed E-state index contributed by atoms with van der Waals surface area (Å²) in [7, 11) is 0. The molecule has 112 valence electrons. The van der Waals surface area contributed by atoms with Crippen LogP contribution in [0.25, 0.3) is 0 Å². The molecule has 1 aliphatic carbocycles. The molecule has 0 bridgehead atoms. The Kier molecular flexibility index (Phi) is 5.84. The summed E-state index contributed by atoms with van der Waals surface area (Å²) >= 11 is 0. The van der Waals surface area contributed by atoms with Gasteiger partial charge in [0, 0.05) is 37.1 Å². The lowest BCUT2D eigenvalue weighted by Crippen LogP contribution is -2.36. The summed E-state index contributed by atoms with van der Waals surface area (Å²) < 4.78 is 0. The van der Waals surface area contributed by atoms with Crippen molar-refractivity contribution in [1.82, 2.24) is 10.3 Å². The first kappa shape index (κ1) is 15.3. The highest BCUT2D eigenvalue weighted by Crippen LogP contribution is 2.27. The van der Waals surface area contributed by atoms with E-state index in [9.17, 15) is 0 Å². The van der Waals surface area contributed by atoms with Crippen LogP contribution in [0, 0.1) is 0 Å². The Balaban J connectivity index is 2.06. The molecule has 20 heavy (non-hydrogen) atoms. The van der Waals surface area contributed by atoms with Crippen molar-refractivity contribution in [3.8, 4) is 0 Å². The minimum atomic E-state index is 0.501. The van der Waals surface area contributed by atoms with Gasteiger partial charge in [-0.1, -0.05) is 33.1 Å². The molecular weight excluding hydrogens is 246 g/mol. The third-order valence-corrected chi connectivity index (χ3v) is 4.18. The van der Waals surface area contributed by atoms with Crippen molar-refractivity contribution in [3.63, 3.8) is 0 Å². The minimum absolute atomic E-state index is 0.501. The molecule has 0 aromatic carbocycles. The summed E-state index contributed by atoms with van der Waals surface area (Å²) in [5.74, 6) is 0. The summed E-state index contributed by atoms with van der Waals surface area (Å²) in [6.07, 6.45) is 8.82. The van der Waals surface area contributed by atoms with E-state index in [-0.39, 0.29) is 0 Å². The minimum Gasteiger partial charge on any atom is -0.369 e. The zero-order chi connectivity index (χ0) is 14.4. The van der Waals surface area contributed by atoms with Crippen molar-refractivity contribution in [2.24, 2.45) is 0 Å². The average Bonchev–Trinajstić information content (AvgIpc) is 2.47. The Morgan fingerprint density at radius 3 is 2.70 bits per heavy atom. The zero-order valence-corrected chi connectivity index (χ0v) is 13.2. The zero-order valence-electron chi connectivity index (χ0n) is 13.2. The van der Waals surface area contributed by atoms with Gasteiger partial charge in [-0.05, 0) is 31.9 Å². The fourth-order valence-electron chi connectivity index (χ4n) is 3.09. The molecule has 0 saturated heterocycles. The number of nitrogens with zero attached hydrogens (tertiary/aromatic N) is 2. The van der Waals surface area contributed by atoms with Crippen molar-refractivity contribution >= 4 is 5.69 Å². The number of aromatic nitrogens is 1. The van der Waals surface area contributed by atoms with E-state index in [1.54, 1.807) is 0 Å². The van der Waals surface area contributed by atoms with Gasteiger partial charge in [-0.25, -0.2) is 0 Å². The number of nitrogens with one attached hydrogen (secondary N) is 1. The molecule has 1 aromatic rings. The monoisotopic (exact) mass is 275 g/mol. The summed E-state index contributed by atoms with van der Waals surface area (Å²) in [6.45, 7) is 8.55. The number of hydrogen-bond acceptors (Lipinski definition) is 3. The summed E-state index contributed by atoms with van der Waals surface area (Å²) in [4.78, 5) is 7.05. The van der Waals surface area contributed by atoms with Crippen molar-refractivity contribution < 1.29 is 0 Å². The second-order valence-corrected chi connectivity index (χ2v) is 6.12. The predicted molar refractivity (Wildman–Crippen MR) is 86.1 cm³/mol. The third-order valence-electron chi connectivity index (χ3n) is 4.18. The smallest absolute Gasteiger partial charge is 0.0562 e. The lowest BCUT2D eigenvalue weighted by molar-refractivity contribution is 0.418. The number of rotatable bonds is 6. The fourth-order valence-corrected chi connectivity index (χ4v) is 3.09. The van der Waals surface area contributed by atoms with Crippen LogP contribution in [0.3, 0.4) is 0 Å². The van der Waals surface area contributed by atoms with Crippen molar-refractivity contribution in [2.75, 3.05) is 11.4 Å². The first-order chi connectivity index (χ1) is 9.70. The Morgan fingerprint density at radius 1 is 1.30 bits per heavy atom.